The second-order valence-electron chi connectivity index (χ2n) is 7.26. The average molecular weight is 364 g/mol. The second-order valence-corrected chi connectivity index (χ2v) is 7.26. The van der Waals surface area contributed by atoms with Crippen LogP contribution in [0.5, 0.6) is 0 Å². The fourth-order valence-corrected chi connectivity index (χ4v) is 3.67. The van der Waals surface area contributed by atoms with E-state index < -0.39 is 0 Å². The predicted octanol–water partition coefficient (Wildman–Crippen LogP) is 2.83. The van der Waals surface area contributed by atoms with Gasteiger partial charge < -0.3 is 9.32 Å². The lowest BCUT2D eigenvalue weighted by Gasteiger charge is -2.35. The number of aromatic nitrogens is 2. The maximum absolute atomic E-state index is 11.6. The van der Waals surface area contributed by atoms with Crippen LogP contribution in [-0.2, 0) is 6.54 Å². The van der Waals surface area contributed by atoms with Gasteiger partial charge in [-0.15, -0.1) is 0 Å². The summed E-state index contributed by atoms with van der Waals surface area (Å²) in [6.07, 6.45) is 1.81. The lowest BCUT2D eigenvalue weighted by molar-refractivity contribution is 0.249. The van der Waals surface area contributed by atoms with E-state index >= 15 is 0 Å². The molecule has 3 heterocycles. The molecule has 0 saturated carbocycles. The molecule has 0 amide bonds. The van der Waals surface area contributed by atoms with Crippen LogP contribution in [0, 0.1) is 20.8 Å². The van der Waals surface area contributed by atoms with Crippen LogP contribution in [0.2, 0.25) is 0 Å². The van der Waals surface area contributed by atoms with Crippen molar-refractivity contribution < 1.29 is 4.42 Å². The Morgan fingerprint density at radius 2 is 1.85 bits per heavy atom. The zero-order valence-electron chi connectivity index (χ0n) is 16.0. The molecule has 3 aromatic rings. The number of anilines is 1. The minimum absolute atomic E-state index is 0.291. The molecule has 1 fully saturated rings. The van der Waals surface area contributed by atoms with Crippen LogP contribution in [0.25, 0.3) is 11.0 Å². The molecule has 0 bridgehead atoms. The Kier molecular flexibility index (Phi) is 4.66. The monoisotopic (exact) mass is 364 g/mol. The van der Waals surface area contributed by atoms with E-state index in [-0.39, 0.29) is 5.63 Å². The summed E-state index contributed by atoms with van der Waals surface area (Å²) in [7, 11) is 0. The van der Waals surface area contributed by atoms with E-state index in [1.54, 1.807) is 0 Å². The van der Waals surface area contributed by atoms with E-state index in [2.05, 4.69) is 25.8 Å². The molecule has 6 nitrogen and oxygen atoms in total. The number of hydrogen-bond acceptors (Lipinski definition) is 6. The molecule has 140 valence electrons. The van der Waals surface area contributed by atoms with Crippen molar-refractivity contribution in [3.63, 3.8) is 0 Å². The summed E-state index contributed by atoms with van der Waals surface area (Å²) in [5.74, 6) is 0.998. The molecule has 0 N–H and O–H groups in total. The molecule has 1 saturated heterocycles. The van der Waals surface area contributed by atoms with Crippen LogP contribution in [0.1, 0.15) is 22.5 Å². The third-order valence-corrected chi connectivity index (χ3v) is 5.14. The molecule has 1 aliphatic heterocycles. The Morgan fingerprint density at radius 1 is 1.07 bits per heavy atom. The maximum atomic E-state index is 11.6. The van der Waals surface area contributed by atoms with Crippen molar-refractivity contribution >= 4 is 16.8 Å². The van der Waals surface area contributed by atoms with Crippen molar-refractivity contribution in [1.82, 2.24) is 14.9 Å². The van der Waals surface area contributed by atoms with E-state index in [4.69, 9.17) is 4.42 Å². The first-order chi connectivity index (χ1) is 13.0. The molecule has 2 aromatic heterocycles. The van der Waals surface area contributed by atoms with Gasteiger partial charge in [-0.3, -0.25) is 9.88 Å². The summed E-state index contributed by atoms with van der Waals surface area (Å²) < 4.78 is 5.37. The van der Waals surface area contributed by atoms with Gasteiger partial charge in [-0.05, 0) is 38.0 Å². The average Bonchev–Trinajstić information content (AvgIpc) is 2.64. The summed E-state index contributed by atoms with van der Waals surface area (Å²) in [5, 5.41) is 0.997. The van der Waals surface area contributed by atoms with Gasteiger partial charge in [0, 0.05) is 50.4 Å². The molecule has 4 rings (SSSR count). The number of aryl methyl sites for hydroxylation is 3. The van der Waals surface area contributed by atoms with E-state index in [0.717, 1.165) is 66.4 Å². The van der Waals surface area contributed by atoms with Crippen LogP contribution in [0.4, 0.5) is 5.82 Å². The highest BCUT2D eigenvalue weighted by atomic mass is 16.4. The van der Waals surface area contributed by atoms with Crippen molar-refractivity contribution in [3.8, 4) is 0 Å². The number of piperazine rings is 1. The molecule has 1 aliphatic rings. The summed E-state index contributed by atoms with van der Waals surface area (Å²) in [5.41, 5.74) is 4.43. The van der Waals surface area contributed by atoms with Crippen LogP contribution >= 0.6 is 0 Å². The van der Waals surface area contributed by atoms with Gasteiger partial charge in [0.1, 0.15) is 11.4 Å². The van der Waals surface area contributed by atoms with Gasteiger partial charge in [0.05, 0.1) is 11.4 Å². The standard InChI is InChI=1S/C21H24N4O2/c1-14-10-20(26)27-19-11-17(4-5-18(14)19)13-24-6-8-25(9-7-24)21-16(3)22-12-15(2)23-21/h4-5,10-12H,6-9,13H2,1-3H3. The largest absolute Gasteiger partial charge is 0.423 e. The van der Waals surface area contributed by atoms with Gasteiger partial charge >= 0.3 is 5.63 Å². The molecule has 0 radical (unpaired) electrons. The molecular weight excluding hydrogens is 340 g/mol. The minimum Gasteiger partial charge on any atom is -0.423 e. The Bertz CT molecular complexity index is 1040. The van der Waals surface area contributed by atoms with Crippen molar-refractivity contribution in [3.05, 3.63) is 63.4 Å². The highest BCUT2D eigenvalue weighted by Gasteiger charge is 2.20. The SMILES string of the molecule is Cc1cnc(C)c(N2CCN(Cc3ccc4c(C)cc(=O)oc4c3)CC2)n1. The predicted molar refractivity (Wildman–Crippen MR) is 106 cm³/mol. The summed E-state index contributed by atoms with van der Waals surface area (Å²) in [4.78, 5) is 25.5. The molecule has 6 heteroatoms. The van der Waals surface area contributed by atoms with Crippen LogP contribution in [0.15, 0.2) is 39.7 Å². The van der Waals surface area contributed by atoms with E-state index in [0.29, 0.717) is 5.58 Å². The minimum atomic E-state index is -0.291. The van der Waals surface area contributed by atoms with Gasteiger partial charge in [0.15, 0.2) is 0 Å². The Morgan fingerprint density at radius 3 is 2.63 bits per heavy atom. The second kappa shape index (κ2) is 7.12. The fraction of sp³-hybridized carbons (Fsp3) is 0.381. The van der Waals surface area contributed by atoms with Gasteiger partial charge in [-0.1, -0.05) is 12.1 Å². The lowest BCUT2D eigenvalue weighted by atomic mass is 10.1. The summed E-state index contributed by atoms with van der Waals surface area (Å²) in [6.45, 7) is 10.6. The quantitative estimate of drug-likeness (QED) is 0.666. The zero-order valence-corrected chi connectivity index (χ0v) is 16.0. The van der Waals surface area contributed by atoms with Crippen molar-refractivity contribution in [2.75, 3.05) is 31.1 Å². The maximum Gasteiger partial charge on any atom is 0.336 e. The van der Waals surface area contributed by atoms with Gasteiger partial charge in [-0.25, -0.2) is 9.78 Å². The van der Waals surface area contributed by atoms with Crippen molar-refractivity contribution in [2.45, 2.75) is 27.3 Å². The van der Waals surface area contributed by atoms with Crippen molar-refractivity contribution in [1.29, 1.82) is 0 Å². The fourth-order valence-electron chi connectivity index (χ4n) is 3.67. The van der Waals surface area contributed by atoms with Crippen LogP contribution in [-0.4, -0.2) is 41.0 Å². The molecule has 0 unspecified atom stereocenters. The number of hydrogen-bond donors (Lipinski definition) is 0. The first-order valence-corrected chi connectivity index (χ1v) is 9.30. The summed E-state index contributed by atoms with van der Waals surface area (Å²) in [6, 6.07) is 7.70. The lowest BCUT2D eigenvalue weighted by Crippen LogP contribution is -2.46. The summed E-state index contributed by atoms with van der Waals surface area (Å²) >= 11 is 0. The third-order valence-electron chi connectivity index (χ3n) is 5.14. The smallest absolute Gasteiger partial charge is 0.336 e. The highest BCUT2D eigenvalue weighted by molar-refractivity contribution is 5.80. The normalized spacial score (nSPS) is 15.4. The molecule has 27 heavy (non-hydrogen) atoms. The zero-order chi connectivity index (χ0) is 19.0. The first-order valence-electron chi connectivity index (χ1n) is 9.30. The molecule has 0 aliphatic carbocycles. The Labute approximate surface area is 158 Å². The Balaban J connectivity index is 1.45. The number of rotatable bonds is 3. The van der Waals surface area contributed by atoms with Crippen LogP contribution < -0.4 is 10.5 Å². The van der Waals surface area contributed by atoms with Gasteiger partial charge in [0.2, 0.25) is 0 Å². The molecule has 1 aromatic carbocycles. The molecule has 0 spiro atoms. The van der Waals surface area contributed by atoms with E-state index in [9.17, 15) is 4.79 Å². The number of fused-ring (bicyclic) bond motifs is 1. The first kappa shape index (κ1) is 17.7. The number of benzene rings is 1. The number of nitrogens with zero attached hydrogens (tertiary/aromatic N) is 4. The van der Waals surface area contributed by atoms with Crippen molar-refractivity contribution in [2.24, 2.45) is 0 Å². The van der Waals surface area contributed by atoms with Gasteiger partial charge in [0.25, 0.3) is 0 Å². The van der Waals surface area contributed by atoms with E-state index in [1.165, 1.54) is 6.07 Å². The Hall–Kier alpha value is -2.73. The third kappa shape index (κ3) is 3.71. The highest BCUT2D eigenvalue weighted by Crippen LogP contribution is 2.21. The topological polar surface area (TPSA) is 62.5 Å². The van der Waals surface area contributed by atoms with Gasteiger partial charge in [-0.2, -0.15) is 0 Å². The van der Waals surface area contributed by atoms with Crippen LogP contribution in [0.3, 0.4) is 0 Å². The van der Waals surface area contributed by atoms with E-state index in [1.807, 2.05) is 39.1 Å². The molecular formula is C21H24N4O2. The molecule has 0 atom stereocenters.